The molecule has 9 heteroatoms. The zero-order chi connectivity index (χ0) is 26.5. The lowest BCUT2D eigenvalue weighted by Crippen LogP contribution is -2.31. The highest BCUT2D eigenvalue weighted by Crippen LogP contribution is 2.44. The van der Waals surface area contributed by atoms with E-state index in [9.17, 15) is 4.79 Å². The molecule has 198 valence electrons. The number of fused-ring (bicyclic) bond motifs is 1. The van der Waals surface area contributed by atoms with Gasteiger partial charge in [-0.3, -0.25) is 9.89 Å². The van der Waals surface area contributed by atoms with Crippen LogP contribution in [0.2, 0.25) is 5.02 Å². The van der Waals surface area contributed by atoms with E-state index in [0.717, 1.165) is 48.2 Å². The lowest BCUT2D eigenvalue weighted by molar-refractivity contribution is 0.0739. The Morgan fingerprint density at radius 1 is 1.03 bits per heavy atom. The highest BCUT2D eigenvalue weighted by atomic mass is 35.5. The van der Waals surface area contributed by atoms with Crippen LogP contribution in [0.1, 0.15) is 60.8 Å². The van der Waals surface area contributed by atoms with Crippen molar-refractivity contribution in [3.05, 3.63) is 83.0 Å². The summed E-state index contributed by atoms with van der Waals surface area (Å²) in [4.78, 5) is 19.7. The second kappa shape index (κ2) is 11.7. The number of unbranched alkanes of at least 4 members (excludes halogenated alkanes) is 1. The van der Waals surface area contributed by atoms with Gasteiger partial charge in [0, 0.05) is 41.6 Å². The quantitative estimate of drug-likeness (QED) is 0.221. The summed E-state index contributed by atoms with van der Waals surface area (Å²) in [7, 11) is 0. The van der Waals surface area contributed by atoms with Crippen LogP contribution >= 0.6 is 11.6 Å². The number of aromatic amines is 1. The molecule has 5 rings (SSSR count). The number of amides is 1. The summed E-state index contributed by atoms with van der Waals surface area (Å²) in [5.41, 5.74) is 3.97. The number of nitrogens with one attached hydrogen (secondary N) is 1. The summed E-state index contributed by atoms with van der Waals surface area (Å²) in [5.74, 6) is 1.33. The third-order valence-electron chi connectivity index (χ3n) is 6.69. The van der Waals surface area contributed by atoms with Gasteiger partial charge in [0.25, 0.3) is 5.91 Å². The lowest BCUT2D eigenvalue weighted by atomic mass is 9.95. The first-order chi connectivity index (χ1) is 18.6. The monoisotopic (exact) mass is 533 g/mol. The van der Waals surface area contributed by atoms with E-state index in [-0.39, 0.29) is 11.9 Å². The van der Waals surface area contributed by atoms with Gasteiger partial charge in [0.2, 0.25) is 0 Å². The average Bonchev–Trinajstić information content (AvgIpc) is 3.65. The van der Waals surface area contributed by atoms with Gasteiger partial charge in [-0.2, -0.15) is 5.10 Å². The highest BCUT2D eigenvalue weighted by molar-refractivity contribution is 6.30. The van der Waals surface area contributed by atoms with Crippen molar-refractivity contribution < 1.29 is 14.3 Å². The van der Waals surface area contributed by atoms with Crippen LogP contribution in [0.25, 0.3) is 11.3 Å². The molecular formula is C29H32ClN5O3. The molecule has 0 spiro atoms. The number of aryl methyl sites for hydroxylation is 1. The predicted molar refractivity (Wildman–Crippen MR) is 147 cm³/mol. The van der Waals surface area contributed by atoms with Gasteiger partial charge < -0.3 is 18.9 Å². The molecule has 0 bridgehead atoms. The smallest absolute Gasteiger partial charge is 0.273 e. The van der Waals surface area contributed by atoms with E-state index in [4.69, 9.17) is 21.1 Å². The zero-order valence-corrected chi connectivity index (χ0v) is 22.4. The molecule has 2 aromatic carbocycles. The van der Waals surface area contributed by atoms with Crippen molar-refractivity contribution >= 4 is 17.5 Å². The van der Waals surface area contributed by atoms with Crippen molar-refractivity contribution in [2.45, 2.75) is 45.7 Å². The second-order valence-corrected chi connectivity index (χ2v) is 9.70. The van der Waals surface area contributed by atoms with Gasteiger partial charge in [-0.05, 0) is 49.6 Å². The normalized spacial score (nSPS) is 14.7. The number of carbonyl (C=O) groups excluding carboxylic acids is 1. The molecule has 0 aliphatic carbocycles. The van der Waals surface area contributed by atoms with Gasteiger partial charge >= 0.3 is 0 Å². The topological polar surface area (TPSA) is 85.3 Å². The Bertz CT molecular complexity index is 1370. The Kier molecular flexibility index (Phi) is 7.98. The molecule has 0 fully saturated rings. The third-order valence-corrected chi connectivity index (χ3v) is 6.95. The molecule has 0 saturated heterocycles. The van der Waals surface area contributed by atoms with Gasteiger partial charge in [-0.15, -0.1) is 0 Å². The van der Waals surface area contributed by atoms with Crippen molar-refractivity contribution in [3.63, 3.8) is 0 Å². The van der Waals surface area contributed by atoms with Crippen LogP contribution in [0.3, 0.4) is 0 Å². The number of hydrogen-bond donors (Lipinski definition) is 1. The maximum Gasteiger partial charge on any atom is 0.273 e. The summed E-state index contributed by atoms with van der Waals surface area (Å²) in [5, 5.41) is 8.23. The van der Waals surface area contributed by atoms with Crippen LogP contribution in [-0.2, 0) is 6.54 Å². The van der Waals surface area contributed by atoms with E-state index in [0.29, 0.717) is 42.0 Å². The number of rotatable bonds is 12. The number of carbonyl (C=O) groups is 1. The fourth-order valence-electron chi connectivity index (χ4n) is 4.85. The van der Waals surface area contributed by atoms with E-state index >= 15 is 0 Å². The van der Waals surface area contributed by atoms with Crippen molar-refractivity contribution in [2.24, 2.45) is 0 Å². The van der Waals surface area contributed by atoms with Crippen LogP contribution in [0.4, 0.5) is 0 Å². The Morgan fingerprint density at radius 2 is 1.87 bits per heavy atom. The van der Waals surface area contributed by atoms with E-state index < -0.39 is 0 Å². The van der Waals surface area contributed by atoms with Gasteiger partial charge in [0.15, 0.2) is 11.5 Å². The van der Waals surface area contributed by atoms with Crippen LogP contribution in [0.15, 0.2) is 61.2 Å². The molecule has 0 radical (unpaired) electrons. The van der Waals surface area contributed by atoms with E-state index in [1.807, 2.05) is 65.1 Å². The lowest BCUT2D eigenvalue weighted by Gasteiger charge is -2.27. The molecule has 0 saturated carbocycles. The molecule has 3 heterocycles. The molecule has 1 aliphatic heterocycles. The van der Waals surface area contributed by atoms with Crippen LogP contribution in [-0.4, -0.2) is 50.3 Å². The minimum absolute atomic E-state index is 0.0652. The van der Waals surface area contributed by atoms with Gasteiger partial charge in [-0.25, -0.2) is 4.98 Å². The number of halogens is 1. The summed E-state index contributed by atoms with van der Waals surface area (Å²) in [6.07, 6.45) is 8.29. The fraction of sp³-hybridized carbons (Fsp3) is 0.345. The average molecular weight is 534 g/mol. The molecule has 1 aliphatic rings. The van der Waals surface area contributed by atoms with Crippen molar-refractivity contribution in [3.8, 4) is 22.8 Å². The number of nitrogens with zero attached hydrogens (tertiary/aromatic N) is 4. The first-order valence-electron chi connectivity index (χ1n) is 13.1. The minimum atomic E-state index is -0.325. The van der Waals surface area contributed by atoms with E-state index in [1.165, 1.54) is 0 Å². The molecule has 38 heavy (non-hydrogen) atoms. The SMILES string of the molecule is CCCCOc1ccc(C2c3c(-c4ccc(Cl)cc4)n[nH]c3C(=O)N2CCCn2ccnc2)cc1OCC. The Labute approximate surface area is 227 Å². The van der Waals surface area contributed by atoms with Crippen LogP contribution in [0, 0.1) is 0 Å². The Morgan fingerprint density at radius 3 is 2.61 bits per heavy atom. The van der Waals surface area contributed by atoms with E-state index in [2.05, 4.69) is 22.1 Å². The fourth-order valence-corrected chi connectivity index (χ4v) is 4.98. The van der Waals surface area contributed by atoms with Crippen LogP contribution in [0.5, 0.6) is 11.5 Å². The standard InChI is InChI=1S/C29H32ClN5O3/c1-3-5-17-38-23-12-9-21(18-24(23)37-4-2)28-25-26(20-7-10-22(30)11-8-20)32-33-27(25)29(36)35(28)15-6-14-34-16-13-31-19-34/h7-13,16,18-19,28H,3-6,14-15,17H2,1-2H3,(H,32,33). The maximum absolute atomic E-state index is 13.7. The third kappa shape index (κ3) is 5.27. The molecule has 1 N–H and O–H groups in total. The van der Waals surface area contributed by atoms with Gasteiger partial charge in [0.1, 0.15) is 5.69 Å². The first-order valence-corrected chi connectivity index (χ1v) is 13.5. The number of benzene rings is 2. The number of aromatic nitrogens is 4. The largest absolute Gasteiger partial charge is 0.490 e. The molecular weight excluding hydrogens is 502 g/mol. The number of ether oxygens (including phenoxy) is 2. The summed E-state index contributed by atoms with van der Waals surface area (Å²) < 4.78 is 14.0. The Balaban J connectivity index is 1.53. The molecule has 8 nitrogen and oxygen atoms in total. The maximum atomic E-state index is 13.7. The van der Waals surface area contributed by atoms with Gasteiger partial charge in [0.05, 0.1) is 31.3 Å². The number of hydrogen-bond acceptors (Lipinski definition) is 5. The number of H-pyrrole nitrogens is 1. The van der Waals surface area contributed by atoms with E-state index in [1.54, 1.807) is 12.5 Å². The minimum Gasteiger partial charge on any atom is -0.490 e. The highest BCUT2D eigenvalue weighted by Gasteiger charge is 2.42. The number of imidazole rings is 1. The molecule has 2 aromatic heterocycles. The Hall–Kier alpha value is -3.78. The second-order valence-electron chi connectivity index (χ2n) is 9.26. The molecule has 1 atom stereocenters. The summed E-state index contributed by atoms with van der Waals surface area (Å²) in [6, 6.07) is 13.2. The predicted octanol–water partition coefficient (Wildman–Crippen LogP) is 6.14. The molecule has 4 aromatic rings. The molecule has 1 amide bonds. The summed E-state index contributed by atoms with van der Waals surface area (Å²) in [6.45, 7) is 6.57. The van der Waals surface area contributed by atoms with Crippen molar-refractivity contribution in [1.29, 1.82) is 0 Å². The van der Waals surface area contributed by atoms with Crippen LogP contribution < -0.4 is 9.47 Å². The van der Waals surface area contributed by atoms with Gasteiger partial charge in [-0.1, -0.05) is 43.1 Å². The first kappa shape index (κ1) is 25.9. The zero-order valence-electron chi connectivity index (χ0n) is 21.7. The van der Waals surface area contributed by atoms with Crippen molar-refractivity contribution in [1.82, 2.24) is 24.6 Å². The van der Waals surface area contributed by atoms with Crippen molar-refractivity contribution in [2.75, 3.05) is 19.8 Å². The summed E-state index contributed by atoms with van der Waals surface area (Å²) >= 11 is 6.15. The molecule has 1 unspecified atom stereocenters.